The number of hydrogen-bond donors (Lipinski definition) is 2. The van der Waals surface area contributed by atoms with Crippen molar-refractivity contribution in [2.45, 2.75) is 6.04 Å². The van der Waals surface area contributed by atoms with Crippen molar-refractivity contribution in [2.24, 2.45) is 0 Å². The smallest absolute Gasteiger partial charge is 0.242 e. The molecule has 1 amide bonds. The monoisotopic (exact) mass is 280 g/mol. The number of anilines is 1. The molecule has 2 rings (SSSR count). The molecule has 94 valence electrons. The van der Waals surface area contributed by atoms with E-state index < -0.39 is 11.6 Å². The van der Waals surface area contributed by atoms with E-state index in [0.717, 1.165) is 24.1 Å². The zero-order valence-electron chi connectivity index (χ0n) is 8.70. The Morgan fingerprint density at radius 1 is 1.35 bits per heavy atom. The Labute approximate surface area is 108 Å². The van der Waals surface area contributed by atoms with Gasteiger partial charge in [0.1, 0.15) is 11.6 Å². The summed E-state index contributed by atoms with van der Waals surface area (Å²) in [5.74, 6) is -0.290. The highest BCUT2D eigenvalue weighted by Crippen LogP contribution is 2.15. The second-order valence-electron chi connectivity index (χ2n) is 3.42. The number of hydrogen-bond acceptors (Lipinski definition) is 3. The Morgan fingerprint density at radius 3 is 2.53 bits per heavy atom. The van der Waals surface area contributed by atoms with E-state index in [-0.39, 0.29) is 30.0 Å². The first kappa shape index (κ1) is 14.2. The molecular formula is C10H11ClF2N2OS. The highest BCUT2D eigenvalue weighted by molar-refractivity contribution is 7.99. The van der Waals surface area contributed by atoms with Gasteiger partial charge in [-0.15, -0.1) is 24.2 Å². The van der Waals surface area contributed by atoms with Crippen molar-refractivity contribution in [3.8, 4) is 0 Å². The van der Waals surface area contributed by atoms with E-state index in [0.29, 0.717) is 5.75 Å². The summed E-state index contributed by atoms with van der Waals surface area (Å²) in [5, 5.41) is 5.44. The van der Waals surface area contributed by atoms with E-state index >= 15 is 0 Å². The van der Waals surface area contributed by atoms with E-state index in [4.69, 9.17) is 0 Å². The molecule has 0 aliphatic carbocycles. The molecule has 1 aliphatic rings. The maximum Gasteiger partial charge on any atom is 0.242 e. The fraction of sp³-hybridized carbons (Fsp3) is 0.300. The first-order valence-corrected chi connectivity index (χ1v) is 5.89. The Morgan fingerprint density at radius 2 is 2.00 bits per heavy atom. The zero-order valence-corrected chi connectivity index (χ0v) is 10.3. The van der Waals surface area contributed by atoms with Crippen LogP contribution >= 0.6 is 24.2 Å². The van der Waals surface area contributed by atoms with Crippen LogP contribution in [0, 0.1) is 11.6 Å². The van der Waals surface area contributed by atoms with Gasteiger partial charge in [0.05, 0.1) is 6.04 Å². The van der Waals surface area contributed by atoms with E-state index in [1.165, 1.54) is 0 Å². The van der Waals surface area contributed by atoms with Crippen LogP contribution in [0.1, 0.15) is 0 Å². The summed E-state index contributed by atoms with van der Waals surface area (Å²) >= 11 is 1.61. The van der Waals surface area contributed by atoms with Crippen molar-refractivity contribution in [2.75, 3.05) is 16.9 Å². The molecule has 3 nitrogen and oxygen atoms in total. The van der Waals surface area contributed by atoms with Crippen LogP contribution in [0.2, 0.25) is 0 Å². The molecule has 0 aromatic heterocycles. The lowest BCUT2D eigenvalue weighted by molar-refractivity contribution is -0.117. The number of benzene rings is 1. The Kier molecular flexibility index (Phi) is 5.17. The normalized spacial score (nSPS) is 18.6. The second kappa shape index (κ2) is 6.18. The summed E-state index contributed by atoms with van der Waals surface area (Å²) in [6.07, 6.45) is 0. The number of halogens is 3. The fourth-order valence-corrected chi connectivity index (χ4v) is 2.36. The number of amides is 1. The number of rotatable bonds is 2. The van der Waals surface area contributed by atoms with E-state index in [9.17, 15) is 13.6 Å². The minimum atomic E-state index is -0.705. The minimum Gasteiger partial charge on any atom is -0.324 e. The topological polar surface area (TPSA) is 41.1 Å². The Bertz CT molecular complexity index is 393. The summed E-state index contributed by atoms with van der Waals surface area (Å²) in [7, 11) is 0. The van der Waals surface area contributed by atoms with Crippen LogP contribution in [0.3, 0.4) is 0 Å². The van der Waals surface area contributed by atoms with Gasteiger partial charge in [-0.3, -0.25) is 10.1 Å². The van der Waals surface area contributed by atoms with Gasteiger partial charge in [0.15, 0.2) is 0 Å². The third-order valence-electron chi connectivity index (χ3n) is 2.16. The fourth-order valence-electron chi connectivity index (χ4n) is 1.42. The predicted molar refractivity (Wildman–Crippen MR) is 66.5 cm³/mol. The molecule has 1 aromatic rings. The molecule has 2 N–H and O–H groups in total. The summed E-state index contributed by atoms with van der Waals surface area (Å²) < 4.78 is 25.7. The molecule has 0 radical (unpaired) electrons. The first-order valence-electron chi connectivity index (χ1n) is 4.73. The SMILES string of the molecule is Cl.O=C(Nc1cc(F)cc(F)c1)C1CSCN1. The van der Waals surface area contributed by atoms with E-state index in [1.807, 2.05) is 0 Å². The Hall–Kier alpha value is -0.850. The Balaban J connectivity index is 0.00000144. The lowest BCUT2D eigenvalue weighted by atomic mass is 10.2. The minimum absolute atomic E-state index is 0. The number of nitrogens with one attached hydrogen (secondary N) is 2. The molecule has 0 saturated carbocycles. The molecule has 7 heteroatoms. The molecule has 1 aliphatic heterocycles. The quantitative estimate of drug-likeness (QED) is 0.870. The van der Waals surface area contributed by atoms with Crippen LogP contribution in [0.4, 0.5) is 14.5 Å². The lowest BCUT2D eigenvalue weighted by Crippen LogP contribution is -2.37. The van der Waals surface area contributed by atoms with Crippen LogP contribution in [0.25, 0.3) is 0 Å². The third kappa shape index (κ3) is 3.83. The van der Waals surface area contributed by atoms with Crippen molar-refractivity contribution in [1.29, 1.82) is 0 Å². The maximum absolute atomic E-state index is 12.8. The summed E-state index contributed by atoms with van der Waals surface area (Å²) in [6, 6.07) is 2.64. The van der Waals surface area contributed by atoms with Gasteiger partial charge < -0.3 is 5.32 Å². The molecule has 1 saturated heterocycles. The standard InChI is InChI=1S/C10H10F2N2OS.ClH/c11-6-1-7(12)3-8(2-6)14-10(15)9-4-16-5-13-9;/h1-3,9,13H,4-5H2,(H,14,15);1H. The van der Waals surface area contributed by atoms with Crippen LogP contribution < -0.4 is 10.6 Å². The molecule has 1 heterocycles. The second-order valence-corrected chi connectivity index (χ2v) is 4.45. The van der Waals surface area contributed by atoms with Crippen molar-refractivity contribution in [3.63, 3.8) is 0 Å². The molecular weight excluding hydrogens is 270 g/mol. The number of carbonyl (C=O) groups excluding carboxylic acids is 1. The zero-order chi connectivity index (χ0) is 11.5. The molecule has 17 heavy (non-hydrogen) atoms. The highest BCUT2D eigenvalue weighted by Gasteiger charge is 2.22. The first-order chi connectivity index (χ1) is 7.65. The van der Waals surface area contributed by atoms with Crippen molar-refractivity contribution in [1.82, 2.24) is 5.32 Å². The van der Waals surface area contributed by atoms with Gasteiger partial charge in [-0.05, 0) is 12.1 Å². The van der Waals surface area contributed by atoms with Crippen LogP contribution in [-0.4, -0.2) is 23.6 Å². The highest BCUT2D eigenvalue weighted by atomic mass is 35.5. The molecule has 1 atom stereocenters. The van der Waals surface area contributed by atoms with Gasteiger partial charge in [0.25, 0.3) is 0 Å². The van der Waals surface area contributed by atoms with Crippen LogP contribution in [0.15, 0.2) is 18.2 Å². The van der Waals surface area contributed by atoms with Gasteiger partial charge >= 0.3 is 0 Å². The van der Waals surface area contributed by atoms with Gasteiger partial charge in [0.2, 0.25) is 5.91 Å². The molecule has 1 fully saturated rings. The molecule has 1 unspecified atom stereocenters. The number of thioether (sulfide) groups is 1. The summed E-state index contributed by atoms with van der Waals surface area (Å²) in [4.78, 5) is 11.6. The lowest BCUT2D eigenvalue weighted by Gasteiger charge is -2.10. The number of carbonyl (C=O) groups is 1. The van der Waals surface area contributed by atoms with Crippen molar-refractivity contribution in [3.05, 3.63) is 29.8 Å². The van der Waals surface area contributed by atoms with Crippen LogP contribution in [0.5, 0.6) is 0 Å². The molecule has 0 bridgehead atoms. The summed E-state index contributed by atoms with van der Waals surface area (Å²) in [6.45, 7) is 0. The molecule has 1 aromatic carbocycles. The third-order valence-corrected chi connectivity index (χ3v) is 3.10. The maximum atomic E-state index is 12.8. The average molecular weight is 281 g/mol. The van der Waals surface area contributed by atoms with E-state index in [2.05, 4.69) is 10.6 Å². The van der Waals surface area contributed by atoms with Gasteiger partial charge in [-0.2, -0.15) is 0 Å². The average Bonchev–Trinajstić information content (AvgIpc) is 2.68. The van der Waals surface area contributed by atoms with E-state index in [1.54, 1.807) is 11.8 Å². The van der Waals surface area contributed by atoms with Gasteiger partial charge in [-0.25, -0.2) is 8.78 Å². The largest absolute Gasteiger partial charge is 0.324 e. The van der Waals surface area contributed by atoms with Crippen molar-refractivity contribution >= 4 is 35.8 Å². The predicted octanol–water partition coefficient (Wildman–Crippen LogP) is 1.99. The van der Waals surface area contributed by atoms with Gasteiger partial charge in [0, 0.05) is 23.4 Å². The van der Waals surface area contributed by atoms with Gasteiger partial charge in [-0.1, -0.05) is 0 Å². The van der Waals surface area contributed by atoms with Crippen LogP contribution in [-0.2, 0) is 4.79 Å². The van der Waals surface area contributed by atoms with Crippen molar-refractivity contribution < 1.29 is 13.6 Å². The summed E-state index contributed by atoms with van der Waals surface area (Å²) in [5.41, 5.74) is 0.140. The molecule has 0 spiro atoms.